The van der Waals surface area contributed by atoms with E-state index in [9.17, 15) is 19.7 Å². The molecule has 2 N–H and O–H groups in total. The molecule has 1 amide bonds. The van der Waals surface area contributed by atoms with E-state index in [1.807, 2.05) is 0 Å². The number of hydrogen-bond donors (Lipinski definition) is 2. The highest BCUT2D eigenvalue weighted by Gasteiger charge is 2.30. The van der Waals surface area contributed by atoms with Gasteiger partial charge in [0.05, 0.1) is 15.1 Å². The van der Waals surface area contributed by atoms with Crippen LogP contribution in [0.15, 0.2) is 16.6 Å². The average molecular weight is 345 g/mol. The summed E-state index contributed by atoms with van der Waals surface area (Å²) in [4.78, 5) is 33.3. The fourth-order valence-corrected chi connectivity index (χ4v) is 1.85. The number of anilines is 1. The summed E-state index contributed by atoms with van der Waals surface area (Å²) in [5.41, 5.74) is -2.00. The van der Waals surface area contributed by atoms with Crippen molar-refractivity contribution in [1.29, 1.82) is 0 Å². The summed E-state index contributed by atoms with van der Waals surface area (Å²) >= 11 is 2.94. The number of carbonyl (C=O) groups excluding carboxylic acids is 1. The van der Waals surface area contributed by atoms with Crippen LogP contribution in [0.25, 0.3) is 0 Å². The number of halogens is 1. The number of hydrogen-bond acceptors (Lipinski definition) is 4. The van der Waals surface area contributed by atoms with E-state index in [0.717, 1.165) is 0 Å². The molecule has 0 atom stereocenters. The Balaban J connectivity index is 3.42. The number of nitrogens with zero attached hydrogens (tertiary/aromatic N) is 1. The third kappa shape index (κ3) is 3.32. The molecule has 0 unspecified atom stereocenters. The maximum absolute atomic E-state index is 11.9. The summed E-state index contributed by atoms with van der Waals surface area (Å²) in [6, 6.07) is 2.63. The van der Waals surface area contributed by atoms with Crippen molar-refractivity contribution in [2.45, 2.75) is 20.8 Å². The van der Waals surface area contributed by atoms with Crippen molar-refractivity contribution >= 4 is 39.2 Å². The zero-order chi connectivity index (χ0) is 15.7. The molecular formula is C12H13BrN2O5. The number of carbonyl (C=O) groups is 2. The number of carboxylic acids is 1. The van der Waals surface area contributed by atoms with E-state index >= 15 is 0 Å². The molecule has 0 heterocycles. The second-order valence-corrected chi connectivity index (χ2v) is 5.94. The number of benzene rings is 1. The minimum absolute atomic E-state index is 0.0358. The summed E-state index contributed by atoms with van der Waals surface area (Å²) in [5, 5.41) is 22.5. The van der Waals surface area contributed by atoms with Gasteiger partial charge in [-0.1, -0.05) is 20.8 Å². The smallest absolute Gasteiger partial charge is 0.344 e. The Labute approximate surface area is 123 Å². The van der Waals surface area contributed by atoms with Crippen molar-refractivity contribution in [2.75, 3.05) is 5.32 Å². The highest BCUT2D eigenvalue weighted by molar-refractivity contribution is 9.10. The predicted molar refractivity (Wildman–Crippen MR) is 75.8 cm³/mol. The molecule has 0 aromatic heterocycles. The Hall–Kier alpha value is -1.96. The van der Waals surface area contributed by atoms with Crippen molar-refractivity contribution in [3.05, 3.63) is 32.3 Å². The van der Waals surface area contributed by atoms with Gasteiger partial charge in [0.15, 0.2) is 5.56 Å². The largest absolute Gasteiger partial charge is 0.477 e. The molecule has 0 bridgehead atoms. The number of nitro benzene ring substituents is 1. The summed E-state index contributed by atoms with van der Waals surface area (Å²) < 4.78 is 0.0358. The molecule has 0 fully saturated rings. The number of aromatic carboxylic acids is 1. The predicted octanol–water partition coefficient (Wildman–Crippen LogP) is 3.04. The van der Waals surface area contributed by atoms with Gasteiger partial charge in [0, 0.05) is 5.41 Å². The molecule has 20 heavy (non-hydrogen) atoms. The SMILES string of the molecule is CC(C)(C)C(=O)Nc1ccc(Br)c([N+](=O)[O-])c1C(=O)O. The van der Waals surface area contributed by atoms with E-state index in [1.165, 1.54) is 12.1 Å². The topological polar surface area (TPSA) is 110 Å². The van der Waals surface area contributed by atoms with Crippen LogP contribution in [0.3, 0.4) is 0 Å². The molecule has 1 rings (SSSR count). The van der Waals surface area contributed by atoms with Crippen molar-refractivity contribution < 1.29 is 19.6 Å². The van der Waals surface area contributed by atoms with Gasteiger partial charge < -0.3 is 10.4 Å². The lowest BCUT2D eigenvalue weighted by atomic mass is 9.95. The zero-order valence-corrected chi connectivity index (χ0v) is 12.6. The van der Waals surface area contributed by atoms with E-state index in [-0.39, 0.29) is 10.2 Å². The Bertz CT molecular complexity index is 592. The van der Waals surface area contributed by atoms with Gasteiger partial charge in [-0.2, -0.15) is 0 Å². The lowest BCUT2D eigenvalue weighted by molar-refractivity contribution is -0.385. The van der Waals surface area contributed by atoms with Gasteiger partial charge in [-0.05, 0) is 28.1 Å². The minimum Gasteiger partial charge on any atom is -0.477 e. The number of carboxylic acid groups (broad SMARTS) is 1. The molecule has 0 saturated carbocycles. The molecule has 0 aliphatic heterocycles. The standard InChI is InChI=1S/C12H13BrN2O5/c1-12(2,3)11(18)14-7-5-4-6(13)9(15(19)20)8(7)10(16)17/h4-5H,1-3H3,(H,14,18)(H,16,17). The van der Waals surface area contributed by atoms with Crippen LogP contribution in [0.2, 0.25) is 0 Å². The van der Waals surface area contributed by atoms with Gasteiger partial charge in [0.1, 0.15) is 0 Å². The molecule has 1 aromatic carbocycles. The van der Waals surface area contributed by atoms with Crippen LogP contribution in [-0.2, 0) is 4.79 Å². The molecule has 0 aliphatic carbocycles. The molecule has 0 spiro atoms. The van der Waals surface area contributed by atoms with E-state index in [0.29, 0.717) is 0 Å². The highest BCUT2D eigenvalue weighted by Crippen LogP contribution is 2.34. The van der Waals surface area contributed by atoms with Gasteiger partial charge in [-0.3, -0.25) is 14.9 Å². The number of nitrogens with one attached hydrogen (secondary N) is 1. The lowest BCUT2D eigenvalue weighted by Gasteiger charge is -2.18. The highest BCUT2D eigenvalue weighted by atomic mass is 79.9. The van der Waals surface area contributed by atoms with E-state index in [2.05, 4.69) is 21.2 Å². The second kappa shape index (κ2) is 5.58. The maximum Gasteiger partial charge on any atom is 0.344 e. The Kier molecular flexibility index (Phi) is 4.49. The first kappa shape index (κ1) is 16.1. The van der Waals surface area contributed by atoms with Gasteiger partial charge in [-0.15, -0.1) is 0 Å². The first-order valence-electron chi connectivity index (χ1n) is 5.57. The Morgan fingerprint density at radius 3 is 2.30 bits per heavy atom. The lowest BCUT2D eigenvalue weighted by Crippen LogP contribution is -2.28. The summed E-state index contributed by atoms with van der Waals surface area (Å²) in [6.07, 6.45) is 0. The first-order valence-corrected chi connectivity index (χ1v) is 6.36. The summed E-state index contributed by atoms with van der Waals surface area (Å²) in [5.74, 6) is -1.92. The van der Waals surface area contributed by atoms with Crippen LogP contribution in [0.4, 0.5) is 11.4 Å². The van der Waals surface area contributed by atoms with Gasteiger partial charge >= 0.3 is 5.97 Å². The van der Waals surface area contributed by atoms with Crippen molar-refractivity contribution in [3.63, 3.8) is 0 Å². The van der Waals surface area contributed by atoms with Crippen LogP contribution in [0.5, 0.6) is 0 Å². The van der Waals surface area contributed by atoms with Crippen molar-refractivity contribution in [1.82, 2.24) is 0 Å². The van der Waals surface area contributed by atoms with Crippen LogP contribution in [0, 0.1) is 15.5 Å². The van der Waals surface area contributed by atoms with E-state index in [1.54, 1.807) is 20.8 Å². The quantitative estimate of drug-likeness (QED) is 0.646. The fourth-order valence-electron chi connectivity index (χ4n) is 1.37. The normalized spacial score (nSPS) is 11.0. The van der Waals surface area contributed by atoms with Crippen LogP contribution in [-0.4, -0.2) is 21.9 Å². The Morgan fingerprint density at radius 1 is 1.35 bits per heavy atom. The van der Waals surface area contributed by atoms with Crippen molar-refractivity contribution in [3.8, 4) is 0 Å². The fraction of sp³-hybridized carbons (Fsp3) is 0.333. The third-order valence-corrected chi connectivity index (χ3v) is 3.09. The van der Waals surface area contributed by atoms with Gasteiger partial charge in [-0.25, -0.2) is 4.79 Å². The number of amides is 1. The molecule has 0 saturated heterocycles. The number of rotatable bonds is 3. The zero-order valence-electron chi connectivity index (χ0n) is 11.1. The average Bonchev–Trinajstić information content (AvgIpc) is 2.28. The molecule has 108 valence electrons. The van der Waals surface area contributed by atoms with Crippen LogP contribution >= 0.6 is 15.9 Å². The van der Waals surface area contributed by atoms with Gasteiger partial charge in [0.2, 0.25) is 5.91 Å². The van der Waals surface area contributed by atoms with E-state index in [4.69, 9.17) is 5.11 Å². The molecule has 1 aromatic rings. The monoisotopic (exact) mass is 344 g/mol. The summed E-state index contributed by atoms with van der Waals surface area (Å²) in [6.45, 7) is 4.95. The van der Waals surface area contributed by atoms with Gasteiger partial charge in [0.25, 0.3) is 5.69 Å². The third-order valence-electron chi connectivity index (χ3n) is 2.45. The summed E-state index contributed by atoms with van der Waals surface area (Å²) in [7, 11) is 0. The molecular weight excluding hydrogens is 332 g/mol. The van der Waals surface area contributed by atoms with Crippen molar-refractivity contribution in [2.24, 2.45) is 5.41 Å². The van der Waals surface area contributed by atoms with Crippen LogP contribution < -0.4 is 5.32 Å². The second-order valence-electron chi connectivity index (χ2n) is 5.08. The van der Waals surface area contributed by atoms with E-state index < -0.39 is 33.5 Å². The molecule has 8 heteroatoms. The van der Waals surface area contributed by atoms with Crippen LogP contribution in [0.1, 0.15) is 31.1 Å². The molecule has 0 radical (unpaired) electrons. The Morgan fingerprint density at radius 2 is 1.90 bits per heavy atom. The maximum atomic E-state index is 11.9. The molecule has 0 aliphatic rings. The first-order chi connectivity index (χ1) is 9.05. The molecule has 7 nitrogen and oxygen atoms in total. The number of nitro groups is 1. The minimum atomic E-state index is -1.48.